The van der Waals surface area contributed by atoms with Crippen molar-refractivity contribution in [3.63, 3.8) is 0 Å². The molecule has 0 aliphatic carbocycles. The van der Waals surface area contributed by atoms with E-state index >= 15 is 0 Å². The van der Waals surface area contributed by atoms with Gasteiger partial charge in [-0.25, -0.2) is 0 Å². The topological polar surface area (TPSA) is 31.4 Å². The maximum atomic E-state index is 5.50. The summed E-state index contributed by atoms with van der Waals surface area (Å²) in [6, 6.07) is 9.73. The minimum absolute atomic E-state index is 0.282. The van der Waals surface area contributed by atoms with E-state index in [1.807, 2.05) is 37.3 Å². The van der Waals surface area contributed by atoms with Gasteiger partial charge in [-0.05, 0) is 25.1 Å². The zero-order chi connectivity index (χ0) is 10.5. The van der Waals surface area contributed by atoms with Crippen LogP contribution in [-0.2, 0) is 4.74 Å². The van der Waals surface area contributed by atoms with Gasteiger partial charge in [0, 0.05) is 18.2 Å². The van der Waals surface area contributed by atoms with E-state index in [2.05, 4.69) is 4.98 Å². The SMILES string of the molecule is CCOCOc1ccnc2ccccc12. The van der Waals surface area contributed by atoms with E-state index in [1.165, 1.54) is 0 Å². The van der Waals surface area contributed by atoms with Crippen LogP contribution in [0.2, 0.25) is 0 Å². The Labute approximate surface area is 88.7 Å². The summed E-state index contributed by atoms with van der Waals surface area (Å²) in [5, 5.41) is 1.01. The third kappa shape index (κ3) is 2.25. The number of pyridine rings is 1. The van der Waals surface area contributed by atoms with Crippen LogP contribution in [0.3, 0.4) is 0 Å². The summed E-state index contributed by atoms with van der Waals surface area (Å²) in [4.78, 5) is 4.25. The molecule has 0 spiro atoms. The molecule has 3 heteroatoms. The van der Waals surface area contributed by atoms with Crippen molar-refractivity contribution in [2.75, 3.05) is 13.4 Å². The molecule has 0 unspecified atom stereocenters. The lowest BCUT2D eigenvalue weighted by molar-refractivity contribution is 0.0233. The molecule has 0 aliphatic heterocycles. The number of rotatable bonds is 4. The zero-order valence-corrected chi connectivity index (χ0v) is 8.64. The maximum Gasteiger partial charge on any atom is 0.189 e. The molecule has 1 aromatic carbocycles. The minimum Gasteiger partial charge on any atom is -0.467 e. The highest BCUT2D eigenvalue weighted by atomic mass is 16.7. The average Bonchev–Trinajstić information content (AvgIpc) is 2.30. The monoisotopic (exact) mass is 203 g/mol. The van der Waals surface area contributed by atoms with E-state index in [1.54, 1.807) is 6.20 Å². The fourth-order valence-corrected chi connectivity index (χ4v) is 1.38. The molecule has 0 radical (unpaired) electrons. The molecule has 2 rings (SSSR count). The Hall–Kier alpha value is -1.61. The summed E-state index contributed by atoms with van der Waals surface area (Å²) in [6.07, 6.45) is 1.74. The molecule has 0 N–H and O–H groups in total. The summed E-state index contributed by atoms with van der Waals surface area (Å²) in [5.74, 6) is 0.814. The van der Waals surface area contributed by atoms with E-state index < -0.39 is 0 Å². The molecular weight excluding hydrogens is 190 g/mol. The fraction of sp³-hybridized carbons (Fsp3) is 0.250. The highest BCUT2D eigenvalue weighted by Gasteiger charge is 2.01. The Morgan fingerprint density at radius 2 is 2.07 bits per heavy atom. The predicted octanol–water partition coefficient (Wildman–Crippen LogP) is 2.61. The van der Waals surface area contributed by atoms with Crippen molar-refractivity contribution < 1.29 is 9.47 Å². The summed E-state index contributed by atoms with van der Waals surface area (Å²) in [6.45, 7) is 2.88. The van der Waals surface area contributed by atoms with Crippen LogP contribution in [0.15, 0.2) is 36.5 Å². The molecule has 0 atom stereocenters. The molecular formula is C12H13NO2. The summed E-state index contributed by atoms with van der Waals surface area (Å²) < 4.78 is 10.6. The third-order valence-corrected chi connectivity index (χ3v) is 2.11. The summed E-state index contributed by atoms with van der Waals surface area (Å²) in [5.41, 5.74) is 0.937. The second kappa shape index (κ2) is 4.75. The van der Waals surface area contributed by atoms with Gasteiger partial charge >= 0.3 is 0 Å². The van der Waals surface area contributed by atoms with Gasteiger partial charge in [0.15, 0.2) is 6.79 Å². The summed E-state index contributed by atoms with van der Waals surface area (Å²) in [7, 11) is 0. The Bertz CT molecular complexity index is 437. The Morgan fingerprint density at radius 1 is 1.20 bits per heavy atom. The molecule has 1 heterocycles. The van der Waals surface area contributed by atoms with Crippen LogP contribution in [0.4, 0.5) is 0 Å². The number of aromatic nitrogens is 1. The van der Waals surface area contributed by atoms with Crippen LogP contribution in [0.1, 0.15) is 6.92 Å². The van der Waals surface area contributed by atoms with Gasteiger partial charge in [-0.3, -0.25) is 4.98 Å². The van der Waals surface area contributed by atoms with Gasteiger partial charge in [-0.2, -0.15) is 0 Å². The molecule has 0 amide bonds. The van der Waals surface area contributed by atoms with Crippen molar-refractivity contribution in [3.8, 4) is 5.75 Å². The van der Waals surface area contributed by atoms with E-state index in [0.717, 1.165) is 16.7 Å². The van der Waals surface area contributed by atoms with Crippen LogP contribution in [0.25, 0.3) is 10.9 Å². The molecule has 1 aromatic heterocycles. The first-order valence-electron chi connectivity index (χ1n) is 4.96. The number of hydrogen-bond donors (Lipinski definition) is 0. The van der Waals surface area contributed by atoms with Gasteiger partial charge in [-0.15, -0.1) is 0 Å². The highest BCUT2D eigenvalue weighted by molar-refractivity contribution is 5.84. The number of nitrogens with zero attached hydrogens (tertiary/aromatic N) is 1. The van der Waals surface area contributed by atoms with Gasteiger partial charge in [0.1, 0.15) is 5.75 Å². The molecule has 2 aromatic rings. The van der Waals surface area contributed by atoms with Crippen molar-refractivity contribution in [1.29, 1.82) is 0 Å². The second-order valence-electron chi connectivity index (χ2n) is 3.08. The van der Waals surface area contributed by atoms with Crippen molar-refractivity contribution in [2.45, 2.75) is 6.92 Å². The molecule has 0 fully saturated rings. The molecule has 0 aliphatic rings. The summed E-state index contributed by atoms with van der Waals surface area (Å²) >= 11 is 0. The number of fused-ring (bicyclic) bond motifs is 1. The Balaban J connectivity index is 2.26. The number of hydrogen-bond acceptors (Lipinski definition) is 3. The largest absolute Gasteiger partial charge is 0.467 e. The van der Waals surface area contributed by atoms with E-state index in [9.17, 15) is 0 Å². The van der Waals surface area contributed by atoms with Crippen molar-refractivity contribution in [3.05, 3.63) is 36.5 Å². The van der Waals surface area contributed by atoms with Crippen LogP contribution in [0, 0.1) is 0 Å². The van der Waals surface area contributed by atoms with E-state index in [0.29, 0.717) is 6.61 Å². The normalized spacial score (nSPS) is 10.5. The Morgan fingerprint density at radius 3 is 2.93 bits per heavy atom. The molecule has 0 saturated heterocycles. The van der Waals surface area contributed by atoms with Gasteiger partial charge in [-0.1, -0.05) is 12.1 Å². The molecule has 15 heavy (non-hydrogen) atoms. The van der Waals surface area contributed by atoms with Gasteiger partial charge in [0.25, 0.3) is 0 Å². The molecule has 3 nitrogen and oxygen atoms in total. The van der Waals surface area contributed by atoms with Crippen LogP contribution >= 0.6 is 0 Å². The van der Waals surface area contributed by atoms with Crippen LogP contribution in [-0.4, -0.2) is 18.4 Å². The first kappa shape index (κ1) is 9.93. The average molecular weight is 203 g/mol. The van der Waals surface area contributed by atoms with E-state index in [4.69, 9.17) is 9.47 Å². The molecule has 78 valence electrons. The lowest BCUT2D eigenvalue weighted by Gasteiger charge is -2.07. The van der Waals surface area contributed by atoms with Crippen LogP contribution < -0.4 is 4.74 Å². The first-order valence-corrected chi connectivity index (χ1v) is 4.96. The van der Waals surface area contributed by atoms with Crippen molar-refractivity contribution >= 4 is 10.9 Å². The number of ether oxygens (including phenoxy) is 2. The first-order chi connectivity index (χ1) is 7.42. The van der Waals surface area contributed by atoms with Gasteiger partial charge in [0.2, 0.25) is 0 Å². The lowest BCUT2D eigenvalue weighted by Crippen LogP contribution is -2.02. The third-order valence-electron chi connectivity index (χ3n) is 2.11. The van der Waals surface area contributed by atoms with Crippen molar-refractivity contribution in [2.24, 2.45) is 0 Å². The number of para-hydroxylation sites is 1. The van der Waals surface area contributed by atoms with Gasteiger partial charge in [0.05, 0.1) is 5.52 Å². The Kier molecular flexibility index (Phi) is 3.15. The molecule has 0 bridgehead atoms. The minimum atomic E-state index is 0.282. The second-order valence-corrected chi connectivity index (χ2v) is 3.08. The lowest BCUT2D eigenvalue weighted by atomic mass is 10.2. The predicted molar refractivity (Wildman–Crippen MR) is 58.9 cm³/mol. The quantitative estimate of drug-likeness (QED) is 0.565. The zero-order valence-electron chi connectivity index (χ0n) is 8.64. The van der Waals surface area contributed by atoms with Crippen LogP contribution in [0.5, 0.6) is 5.75 Å². The highest BCUT2D eigenvalue weighted by Crippen LogP contribution is 2.22. The van der Waals surface area contributed by atoms with Gasteiger partial charge < -0.3 is 9.47 Å². The standard InChI is InChI=1S/C12H13NO2/c1-2-14-9-15-12-7-8-13-11-6-4-3-5-10(11)12/h3-8H,2,9H2,1H3. The smallest absolute Gasteiger partial charge is 0.189 e. The molecule has 0 saturated carbocycles. The van der Waals surface area contributed by atoms with Crippen molar-refractivity contribution in [1.82, 2.24) is 4.98 Å². The fourth-order valence-electron chi connectivity index (χ4n) is 1.38. The number of benzene rings is 1. The maximum absolute atomic E-state index is 5.50. The van der Waals surface area contributed by atoms with E-state index in [-0.39, 0.29) is 6.79 Å².